The monoisotopic (exact) mass is 490 g/mol. The molecule has 1 aliphatic rings. The number of rotatable bonds is 10. The molecular weight excluding hydrogens is 456 g/mol. The number of carbonyl (C=O) groups is 2. The second-order valence-corrected chi connectivity index (χ2v) is 9.20. The van der Waals surface area contributed by atoms with Crippen LogP contribution in [0.4, 0.5) is 11.4 Å². The molecule has 1 aliphatic heterocycles. The number of carbonyl (C=O) groups excluding carboxylic acids is 2. The van der Waals surface area contributed by atoms with Crippen molar-refractivity contribution in [1.29, 1.82) is 0 Å². The van der Waals surface area contributed by atoms with Gasteiger partial charge in [0.2, 0.25) is 0 Å². The minimum Gasteiger partial charge on any atom is -0.464 e. The number of ether oxygens (including phenoxy) is 2. The minimum atomic E-state index is -0.529. The third-order valence-electron chi connectivity index (χ3n) is 6.25. The highest BCUT2D eigenvalue weighted by Gasteiger charge is 2.29. The number of anilines is 2. The van der Waals surface area contributed by atoms with Crippen LogP contribution in [-0.2, 0) is 27.2 Å². The molecule has 3 aromatic rings. The van der Waals surface area contributed by atoms with E-state index in [1.54, 1.807) is 6.20 Å². The van der Waals surface area contributed by atoms with Gasteiger partial charge in [-0.2, -0.15) is 0 Å². The van der Waals surface area contributed by atoms with Crippen LogP contribution < -0.4 is 10.6 Å². The lowest BCUT2D eigenvalue weighted by Crippen LogP contribution is -2.28. The van der Waals surface area contributed by atoms with Gasteiger partial charge in [-0.05, 0) is 51.2 Å². The molecule has 2 aromatic heterocycles. The molecule has 190 valence electrons. The summed E-state index contributed by atoms with van der Waals surface area (Å²) in [4.78, 5) is 30.7. The number of aryl methyl sites for hydroxylation is 2. The van der Waals surface area contributed by atoms with Gasteiger partial charge in [-0.1, -0.05) is 42.0 Å². The maximum atomic E-state index is 13.0. The van der Waals surface area contributed by atoms with Crippen molar-refractivity contribution in [2.75, 3.05) is 30.9 Å². The Labute approximate surface area is 211 Å². The summed E-state index contributed by atoms with van der Waals surface area (Å²) < 4.78 is 12.6. The van der Waals surface area contributed by atoms with E-state index in [1.807, 2.05) is 42.7 Å². The maximum Gasteiger partial charge on any atom is 0.356 e. The molecule has 0 radical (unpaired) electrons. The van der Waals surface area contributed by atoms with Crippen molar-refractivity contribution in [2.45, 2.75) is 52.2 Å². The molecule has 0 saturated carbocycles. The molecule has 2 N–H and O–H groups in total. The molecule has 1 fully saturated rings. The summed E-state index contributed by atoms with van der Waals surface area (Å²) in [6.45, 7) is 5.83. The van der Waals surface area contributed by atoms with Crippen molar-refractivity contribution in [2.24, 2.45) is 0 Å². The molecule has 4 rings (SSSR count). The minimum absolute atomic E-state index is 0.260. The number of allylic oxidation sites excluding steroid dienone is 1. The summed E-state index contributed by atoms with van der Waals surface area (Å²) >= 11 is 0. The fourth-order valence-electron chi connectivity index (χ4n) is 4.42. The van der Waals surface area contributed by atoms with Gasteiger partial charge in [0.15, 0.2) is 5.69 Å². The fraction of sp³-hybridized carbons (Fsp3) is 0.393. The van der Waals surface area contributed by atoms with Crippen LogP contribution in [0.5, 0.6) is 0 Å². The average Bonchev–Trinajstić information content (AvgIpc) is 3.52. The Bertz CT molecular complexity index is 1240. The van der Waals surface area contributed by atoms with Crippen molar-refractivity contribution in [3.8, 4) is 0 Å². The number of methoxy groups -OCH3 is 1. The number of nitrogens with zero attached hydrogens (tertiary/aromatic N) is 2. The first-order valence-corrected chi connectivity index (χ1v) is 12.4. The predicted octanol–water partition coefficient (Wildman–Crippen LogP) is 4.95. The number of nitrogens with one attached hydrogen (secondary N) is 2. The highest BCUT2D eigenvalue weighted by molar-refractivity contribution is 6.12. The number of pyridine rings is 1. The summed E-state index contributed by atoms with van der Waals surface area (Å²) in [5.41, 5.74) is 4.55. The number of benzene rings is 1. The molecule has 0 spiro atoms. The van der Waals surface area contributed by atoms with E-state index in [2.05, 4.69) is 28.8 Å². The van der Waals surface area contributed by atoms with Crippen LogP contribution >= 0.6 is 0 Å². The molecule has 1 atom stereocenters. The lowest BCUT2D eigenvalue weighted by atomic mass is 10.1. The Balaban J connectivity index is 1.72. The normalized spacial score (nSPS) is 15.0. The van der Waals surface area contributed by atoms with E-state index in [-0.39, 0.29) is 5.91 Å². The molecule has 0 bridgehead atoms. The van der Waals surface area contributed by atoms with Gasteiger partial charge < -0.3 is 24.7 Å². The Morgan fingerprint density at radius 1 is 1.25 bits per heavy atom. The van der Waals surface area contributed by atoms with Gasteiger partial charge in [0.25, 0.3) is 5.91 Å². The Hall–Kier alpha value is -3.65. The third kappa shape index (κ3) is 5.94. The van der Waals surface area contributed by atoms with Crippen LogP contribution in [0, 0.1) is 0 Å². The van der Waals surface area contributed by atoms with E-state index in [0.717, 1.165) is 24.9 Å². The van der Waals surface area contributed by atoms with Crippen LogP contribution in [0.2, 0.25) is 0 Å². The van der Waals surface area contributed by atoms with Crippen molar-refractivity contribution in [1.82, 2.24) is 9.55 Å². The first kappa shape index (κ1) is 25.4. The molecule has 1 amide bonds. The molecule has 8 nitrogen and oxygen atoms in total. The molecule has 3 heterocycles. The molecule has 36 heavy (non-hydrogen) atoms. The van der Waals surface area contributed by atoms with E-state index < -0.39 is 12.1 Å². The number of amides is 1. The highest BCUT2D eigenvalue weighted by atomic mass is 16.5. The second kappa shape index (κ2) is 11.9. The van der Waals surface area contributed by atoms with E-state index in [4.69, 9.17) is 14.5 Å². The molecule has 1 aromatic carbocycles. The molecule has 0 aliphatic carbocycles. The number of esters is 1. The molecule has 1 unspecified atom stereocenters. The topological polar surface area (TPSA) is 94.5 Å². The summed E-state index contributed by atoms with van der Waals surface area (Å²) in [6, 6.07) is 12.1. The van der Waals surface area contributed by atoms with Gasteiger partial charge in [0.05, 0.1) is 24.7 Å². The second-order valence-electron chi connectivity index (χ2n) is 9.20. The van der Waals surface area contributed by atoms with E-state index in [9.17, 15) is 9.59 Å². The first-order valence-electron chi connectivity index (χ1n) is 12.4. The fourth-order valence-corrected chi connectivity index (χ4v) is 4.42. The van der Waals surface area contributed by atoms with Crippen LogP contribution in [-0.4, -0.2) is 47.8 Å². The Morgan fingerprint density at radius 3 is 2.75 bits per heavy atom. The zero-order valence-electron chi connectivity index (χ0n) is 21.2. The quantitative estimate of drug-likeness (QED) is 0.308. The summed E-state index contributed by atoms with van der Waals surface area (Å²) in [6.07, 6.45) is 6.44. The van der Waals surface area contributed by atoms with Crippen molar-refractivity contribution in [3.05, 3.63) is 65.5 Å². The summed E-state index contributed by atoms with van der Waals surface area (Å²) in [7, 11) is 1.35. The number of aromatic nitrogens is 2. The smallest absolute Gasteiger partial charge is 0.356 e. The number of fused-ring (bicyclic) bond motifs is 1. The largest absolute Gasteiger partial charge is 0.464 e. The van der Waals surface area contributed by atoms with Crippen LogP contribution in [0.1, 0.15) is 49.2 Å². The van der Waals surface area contributed by atoms with E-state index >= 15 is 0 Å². The Morgan fingerprint density at radius 2 is 2.06 bits per heavy atom. The highest BCUT2D eigenvalue weighted by Crippen LogP contribution is 2.33. The van der Waals surface area contributed by atoms with Crippen molar-refractivity contribution in [3.63, 3.8) is 0 Å². The standard InChI is InChI=1S/C28H34N4O4/c1-19(2)13-14-29-21-17-22-24(31-27(33)23-12-8-16-36-23)25(28(34)35-3)32(26(22)30-18-21)15-7-11-20-9-5-4-6-10-20/h4-6,9-10,13,17-18,23,29H,7-8,11-12,14-16H2,1-3H3,(H,31,33). The van der Waals surface area contributed by atoms with Gasteiger partial charge in [-0.15, -0.1) is 0 Å². The van der Waals surface area contributed by atoms with Gasteiger partial charge in [0, 0.05) is 25.1 Å². The number of hydrogen-bond donors (Lipinski definition) is 2. The average molecular weight is 491 g/mol. The lowest BCUT2D eigenvalue weighted by Gasteiger charge is -2.13. The SMILES string of the molecule is COC(=O)c1c(NC(=O)C2CCCO2)c2cc(NCC=C(C)C)cnc2n1CCCc1ccccc1. The van der Waals surface area contributed by atoms with Gasteiger partial charge >= 0.3 is 5.97 Å². The first-order chi connectivity index (χ1) is 17.5. The Kier molecular flexibility index (Phi) is 8.38. The molecule has 8 heteroatoms. The zero-order valence-corrected chi connectivity index (χ0v) is 21.2. The molecule has 1 saturated heterocycles. The van der Waals surface area contributed by atoms with E-state index in [0.29, 0.717) is 48.5 Å². The third-order valence-corrected chi connectivity index (χ3v) is 6.25. The van der Waals surface area contributed by atoms with Gasteiger partial charge in [-0.3, -0.25) is 4.79 Å². The maximum absolute atomic E-state index is 13.0. The van der Waals surface area contributed by atoms with Crippen LogP contribution in [0.25, 0.3) is 11.0 Å². The van der Waals surface area contributed by atoms with Crippen molar-refractivity contribution >= 4 is 34.3 Å². The van der Waals surface area contributed by atoms with Crippen LogP contribution in [0.3, 0.4) is 0 Å². The predicted molar refractivity (Wildman–Crippen MR) is 141 cm³/mol. The van der Waals surface area contributed by atoms with Crippen molar-refractivity contribution < 1.29 is 19.1 Å². The van der Waals surface area contributed by atoms with Gasteiger partial charge in [0.1, 0.15) is 11.8 Å². The van der Waals surface area contributed by atoms with Crippen LogP contribution in [0.15, 0.2) is 54.2 Å². The van der Waals surface area contributed by atoms with Gasteiger partial charge in [-0.25, -0.2) is 9.78 Å². The number of hydrogen-bond acceptors (Lipinski definition) is 6. The molecular formula is C28H34N4O4. The summed E-state index contributed by atoms with van der Waals surface area (Å²) in [5.74, 6) is -0.779. The zero-order chi connectivity index (χ0) is 25.5. The summed E-state index contributed by atoms with van der Waals surface area (Å²) in [5, 5.41) is 7.00. The lowest BCUT2D eigenvalue weighted by molar-refractivity contribution is -0.124. The van der Waals surface area contributed by atoms with E-state index in [1.165, 1.54) is 18.2 Å².